The molecule has 2 aliphatic rings. The summed E-state index contributed by atoms with van der Waals surface area (Å²) in [4.78, 5) is 51.5. The highest BCUT2D eigenvalue weighted by molar-refractivity contribution is 6.00. The number of carbonyl (C=O) groups excluding carboxylic acids is 3. The predicted molar refractivity (Wildman–Crippen MR) is 148 cm³/mol. The Morgan fingerprint density at radius 2 is 1.67 bits per heavy atom. The minimum atomic E-state index is -0.707. The molecule has 4 heterocycles. The van der Waals surface area contributed by atoms with E-state index in [2.05, 4.69) is 15.3 Å². The van der Waals surface area contributed by atoms with Gasteiger partial charge in [-0.2, -0.15) is 0 Å². The van der Waals surface area contributed by atoms with Gasteiger partial charge in [-0.25, -0.2) is 4.98 Å². The van der Waals surface area contributed by atoms with Gasteiger partial charge in [0, 0.05) is 35.9 Å². The first-order valence-corrected chi connectivity index (χ1v) is 13.3. The van der Waals surface area contributed by atoms with Crippen LogP contribution in [0.25, 0.3) is 16.6 Å². The minimum Gasteiger partial charge on any atom is -0.351 e. The normalized spacial score (nSPS) is 19.5. The second-order valence-electron chi connectivity index (χ2n) is 11.5. The Kier molecular flexibility index (Phi) is 6.01. The van der Waals surface area contributed by atoms with Gasteiger partial charge in [-0.05, 0) is 36.1 Å². The second kappa shape index (κ2) is 9.41. The molecular weight excluding hydrogens is 492 g/mol. The van der Waals surface area contributed by atoms with Crippen molar-refractivity contribution in [3.63, 3.8) is 0 Å². The highest BCUT2D eigenvalue weighted by atomic mass is 16.2. The zero-order valence-electron chi connectivity index (χ0n) is 22.3. The number of fused-ring (bicyclic) bond motifs is 3. The number of imidazole rings is 1. The fourth-order valence-electron chi connectivity index (χ4n) is 5.73. The number of nitrogens with one attached hydrogen (secondary N) is 2. The van der Waals surface area contributed by atoms with Crippen molar-refractivity contribution in [1.82, 2.24) is 29.7 Å². The van der Waals surface area contributed by atoms with Crippen molar-refractivity contribution in [2.24, 2.45) is 5.41 Å². The smallest absolute Gasteiger partial charge is 0.274 e. The number of benzene rings is 2. The van der Waals surface area contributed by atoms with Crippen LogP contribution in [-0.4, -0.2) is 73.3 Å². The SMILES string of the molecule is CC(C)(C)C(NC(=O)c1cc2ccccc2[nH]1)C(=O)N1C[C@@H]2C[C@H]1CN2C(=O)c1cn(-c2ccccc2)cn1. The Balaban J connectivity index is 1.14. The lowest BCUT2D eigenvalue weighted by Gasteiger charge is -2.39. The highest BCUT2D eigenvalue weighted by Gasteiger charge is 2.50. The molecule has 2 bridgehead atoms. The average Bonchev–Trinajstić information content (AvgIpc) is 3.73. The van der Waals surface area contributed by atoms with Crippen molar-refractivity contribution < 1.29 is 14.4 Å². The summed E-state index contributed by atoms with van der Waals surface area (Å²) in [5, 5.41) is 3.94. The van der Waals surface area contributed by atoms with E-state index in [-0.39, 0.29) is 29.8 Å². The first-order chi connectivity index (χ1) is 18.7. The Morgan fingerprint density at radius 1 is 0.974 bits per heavy atom. The topological polar surface area (TPSA) is 103 Å². The molecule has 3 atom stereocenters. The number of likely N-dealkylation sites (tertiary alicyclic amines) is 2. The molecule has 0 radical (unpaired) electrons. The van der Waals surface area contributed by atoms with Gasteiger partial charge in [0.1, 0.15) is 23.8 Å². The number of para-hydroxylation sites is 2. The first kappa shape index (κ1) is 24.9. The number of nitrogens with zero attached hydrogens (tertiary/aromatic N) is 4. The van der Waals surface area contributed by atoms with Crippen molar-refractivity contribution in [3.8, 4) is 5.69 Å². The van der Waals surface area contributed by atoms with Crippen LogP contribution in [0.3, 0.4) is 0 Å². The molecule has 3 amide bonds. The first-order valence-electron chi connectivity index (χ1n) is 13.3. The molecule has 2 aromatic heterocycles. The zero-order chi connectivity index (χ0) is 27.3. The molecule has 1 unspecified atom stereocenters. The molecule has 2 saturated heterocycles. The molecule has 2 fully saturated rings. The van der Waals surface area contributed by atoms with Gasteiger partial charge >= 0.3 is 0 Å². The summed E-state index contributed by atoms with van der Waals surface area (Å²) in [5.74, 6) is -0.543. The van der Waals surface area contributed by atoms with Crippen LogP contribution in [0.1, 0.15) is 48.2 Å². The maximum atomic E-state index is 13.8. The van der Waals surface area contributed by atoms with E-state index in [0.717, 1.165) is 23.0 Å². The molecule has 4 aromatic rings. The van der Waals surface area contributed by atoms with Crippen LogP contribution in [0.4, 0.5) is 0 Å². The van der Waals surface area contributed by atoms with Crippen molar-refractivity contribution in [2.45, 2.75) is 45.3 Å². The van der Waals surface area contributed by atoms with E-state index < -0.39 is 11.5 Å². The number of aromatic nitrogens is 3. The molecule has 2 N–H and O–H groups in total. The maximum absolute atomic E-state index is 13.8. The van der Waals surface area contributed by atoms with E-state index in [0.29, 0.717) is 24.5 Å². The third kappa shape index (κ3) is 4.58. The number of aromatic amines is 1. The molecule has 6 rings (SSSR count). The van der Waals surface area contributed by atoms with Crippen molar-refractivity contribution in [1.29, 1.82) is 0 Å². The Bertz CT molecular complexity index is 1520. The molecular formula is C30H32N6O3. The zero-order valence-corrected chi connectivity index (χ0v) is 22.3. The van der Waals surface area contributed by atoms with E-state index >= 15 is 0 Å². The lowest BCUT2D eigenvalue weighted by Crippen LogP contribution is -2.59. The fourth-order valence-corrected chi connectivity index (χ4v) is 5.73. The van der Waals surface area contributed by atoms with Crippen molar-refractivity contribution in [2.75, 3.05) is 13.1 Å². The summed E-state index contributed by atoms with van der Waals surface area (Å²) >= 11 is 0. The average molecular weight is 525 g/mol. The van der Waals surface area contributed by atoms with Crippen molar-refractivity contribution in [3.05, 3.63) is 84.6 Å². The molecule has 39 heavy (non-hydrogen) atoms. The molecule has 2 aromatic carbocycles. The van der Waals surface area contributed by atoms with Crippen LogP contribution in [-0.2, 0) is 4.79 Å². The monoisotopic (exact) mass is 524 g/mol. The summed E-state index contributed by atoms with van der Waals surface area (Å²) in [6.07, 6.45) is 4.13. The Morgan fingerprint density at radius 3 is 2.36 bits per heavy atom. The van der Waals surface area contributed by atoms with E-state index in [1.54, 1.807) is 18.6 Å². The Hall–Kier alpha value is -4.40. The lowest BCUT2D eigenvalue weighted by molar-refractivity contribution is -0.138. The van der Waals surface area contributed by atoms with Crippen LogP contribution >= 0.6 is 0 Å². The third-order valence-electron chi connectivity index (χ3n) is 7.80. The standard InChI is InChI=1S/C30H32N6O3/c1-30(2,3)26(33-27(37)24-13-19-9-7-8-12-23(19)32-24)29(39)36-16-21-14-22(36)15-35(21)28(38)25-17-34(18-31-25)20-10-5-4-6-11-20/h4-13,17-18,21-22,26,32H,14-16H2,1-3H3,(H,33,37)/t21-,22-,26?/m0/s1. The number of rotatable bonds is 5. The summed E-state index contributed by atoms with van der Waals surface area (Å²) in [7, 11) is 0. The van der Waals surface area contributed by atoms with Crippen LogP contribution in [0.15, 0.2) is 73.2 Å². The number of piperazine rings is 1. The van der Waals surface area contributed by atoms with Crippen LogP contribution in [0.2, 0.25) is 0 Å². The number of hydrogen-bond acceptors (Lipinski definition) is 4. The summed E-state index contributed by atoms with van der Waals surface area (Å²) < 4.78 is 1.83. The van der Waals surface area contributed by atoms with Gasteiger partial charge in [-0.3, -0.25) is 14.4 Å². The summed E-state index contributed by atoms with van der Waals surface area (Å²) in [5.41, 5.74) is 2.12. The minimum absolute atomic E-state index is 0.0710. The van der Waals surface area contributed by atoms with Crippen LogP contribution < -0.4 is 5.32 Å². The van der Waals surface area contributed by atoms with Gasteiger partial charge in [0.15, 0.2) is 0 Å². The molecule has 0 spiro atoms. The predicted octanol–water partition coefficient (Wildman–Crippen LogP) is 3.62. The molecule has 0 aliphatic carbocycles. The maximum Gasteiger partial charge on any atom is 0.274 e. The summed E-state index contributed by atoms with van der Waals surface area (Å²) in [6, 6.07) is 18.4. The van der Waals surface area contributed by atoms with Gasteiger partial charge in [0.25, 0.3) is 11.8 Å². The third-order valence-corrected chi connectivity index (χ3v) is 7.80. The lowest BCUT2D eigenvalue weighted by atomic mass is 9.85. The number of carbonyl (C=O) groups is 3. The van der Waals surface area contributed by atoms with Gasteiger partial charge in [-0.15, -0.1) is 0 Å². The van der Waals surface area contributed by atoms with E-state index in [9.17, 15) is 14.4 Å². The van der Waals surface area contributed by atoms with E-state index in [1.165, 1.54) is 0 Å². The molecule has 9 heteroatoms. The van der Waals surface area contributed by atoms with E-state index in [4.69, 9.17) is 0 Å². The van der Waals surface area contributed by atoms with Crippen LogP contribution in [0, 0.1) is 5.41 Å². The number of amides is 3. The summed E-state index contributed by atoms with van der Waals surface area (Å²) in [6.45, 7) is 6.76. The fraction of sp³-hybridized carbons (Fsp3) is 0.333. The number of H-pyrrole nitrogens is 1. The Labute approximate surface area is 226 Å². The second-order valence-corrected chi connectivity index (χ2v) is 11.5. The largest absolute Gasteiger partial charge is 0.351 e. The van der Waals surface area contributed by atoms with Gasteiger partial charge in [0.2, 0.25) is 5.91 Å². The van der Waals surface area contributed by atoms with E-state index in [1.807, 2.05) is 89.7 Å². The molecule has 200 valence electrons. The molecule has 9 nitrogen and oxygen atoms in total. The van der Waals surface area contributed by atoms with Gasteiger partial charge in [0.05, 0.1) is 12.1 Å². The number of hydrogen-bond donors (Lipinski definition) is 2. The van der Waals surface area contributed by atoms with Gasteiger partial charge < -0.3 is 24.7 Å². The quantitative estimate of drug-likeness (QED) is 0.416. The van der Waals surface area contributed by atoms with Crippen molar-refractivity contribution >= 4 is 28.6 Å². The van der Waals surface area contributed by atoms with Gasteiger partial charge in [-0.1, -0.05) is 57.2 Å². The van der Waals surface area contributed by atoms with Crippen LogP contribution in [0.5, 0.6) is 0 Å². The highest BCUT2D eigenvalue weighted by Crippen LogP contribution is 2.34. The molecule has 0 saturated carbocycles. The molecule has 2 aliphatic heterocycles.